The number of hydrogen-bond donors (Lipinski definition) is 2. The molecule has 18 heavy (non-hydrogen) atoms. The molecule has 1 atom stereocenters. The van der Waals surface area contributed by atoms with Gasteiger partial charge in [-0.05, 0) is 41.1 Å². The number of benzene rings is 1. The van der Waals surface area contributed by atoms with Gasteiger partial charge in [-0.25, -0.2) is 9.37 Å². The van der Waals surface area contributed by atoms with Gasteiger partial charge in [-0.3, -0.25) is 4.79 Å². The molecule has 0 spiro atoms. The molecule has 0 fully saturated rings. The van der Waals surface area contributed by atoms with Gasteiger partial charge in [0, 0.05) is 16.9 Å². The second-order valence-electron chi connectivity index (χ2n) is 3.79. The van der Waals surface area contributed by atoms with Gasteiger partial charge in [0.1, 0.15) is 11.6 Å². The monoisotopic (exact) mass is 311 g/mol. The lowest BCUT2D eigenvalue weighted by Gasteiger charge is -2.12. The van der Waals surface area contributed by atoms with Crippen LogP contribution in [-0.2, 0) is 0 Å². The molecule has 1 unspecified atom stereocenters. The van der Waals surface area contributed by atoms with Gasteiger partial charge >= 0.3 is 0 Å². The average Bonchev–Trinajstić information content (AvgIpc) is 2.81. The number of imidazole rings is 1. The molecule has 2 aromatic rings. The summed E-state index contributed by atoms with van der Waals surface area (Å²) >= 11 is 3.16. The van der Waals surface area contributed by atoms with E-state index in [0.717, 1.165) is 0 Å². The molecule has 0 radical (unpaired) electrons. The summed E-state index contributed by atoms with van der Waals surface area (Å²) in [6, 6.07) is 3.69. The maximum absolute atomic E-state index is 12.9. The largest absolute Gasteiger partial charge is 0.347 e. The van der Waals surface area contributed by atoms with E-state index in [0.29, 0.717) is 15.9 Å². The summed E-state index contributed by atoms with van der Waals surface area (Å²) in [5.41, 5.74) is 0.384. The normalized spacial score (nSPS) is 12.2. The van der Waals surface area contributed by atoms with E-state index in [-0.39, 0.29) is 11.9 Å². The Morgan fingerprint density at radius 1 is 1.56 bits per heavy atom. The number of aromatic amines is 1. The van der Waals surface area contributed by atoms with Crippen molar-refractivity contribution in [3.05, 3.63) is 52.3 Å². The second-order valence-corrected chi connectivity index (χ2v) is 4.65. The number of nitrogens with one attached hydrogen (secondary N) is 2. The maximum Gasteiger partial charge on any atom is 0.253 e. The molecule has 1 heterocycles. The molecule has 0 aliphatic rings. The third-order valence-electron chi connectivity index (χ3n) is 2.45. The minimum Gasteiger partial charge on any atom is -0.347 e. The molecule has 1 aromatic heterocycles. The Bertz CT molecular complexity index is 556. The summed E-state index contributed by atoms with van der Waals surface area (Å²) < 4.78 is 13.3. The van der Waals surface area contributed by atoms with Crippen molar-refractivity contribution in [2.24, 2.45) is 0 Å². The Morgan fingerprint density at radius 3 is 2.94 bits per heavy atom. The Balaban J connectivity index is 2.12. The molecule has 6 heteroatoms. The molecule has 0 saturated heterocycles. The van der Waals surface area contributed by atoms with Crippen LogP contribution in [0.5, 0.6) is 0 Å². The molecule has 0 aliphatic carbocycles. The van der Waals surface area contributed by atoms with Gasteiger partial charge in [0.25, 0.3) is 5.91 Å². The molecule has 0 bridgehead atoms. The first-order valence-corrected chi connectivity index (χ1v) is 6.12. The fraction of sp³-hybridized carbons (Fsp3) is 0.167. The van der Waals surface area contributed by atoms with E-state index in [4.69, 9.17) is 0 Å². The van der Waals surface area contributed by atoms with Crippen LogP contribution in [0.1, 0.15) is 29.1 Å². The number of rotatable bonds is 3. The molecule has 0 saturated carbocycles. The molecule has 4 nitrogen and oxygen atoms in total. The fourth-order valence-electron chi connectivity index (χ4n) is 1.53. The van der Waals surface area contributed by atoms with Gasteiger partial charge in [0.15, 0.2) is 0 Å². The van der Waals surface area contributed by atoms with Crippen molar-refractivity contribution < 1.29 is 9.18 Å². The predicted molar refractivity (Wildman–Crippen MR) is 68.6 cm³/mol. The number of halogens is 2. The quantitative estimate of drug-likeness (QED) is 0.915. The van der Waals surface area contributed by atoms with Gasteiger partial charge in [0.2, 0.25) is 0 Å². The highest BCUT2D eigenvalue weighted by atomic mass is 79.9. The summed E-state index contributed by atoms with van der Waals surface area (Å²) in [5.74, 6) is -0.00938. The lowest BCUT2D eigenvalue weighted by atomic mass is 10.2. The van der Waals surface area contributed by atoms with Crippen LogP contribution >= 0.6 is 15.9 Å². The first-order valence-electron chi connectivity index (χ1n) is 5.33. The number of carbonyl (C=O) groups excluding carboxylic acids is 1. The zero-order valence-electron chi connectivity index (χ0n) is 9.58. The Hall–Kier alpha value is -1.69. The highest BCUT2D eigenvalue weighted by molar-refractivity contribution is 9.10. The average molecular weight is 312 g/mol. The van der Waals surface area contributed by atoms with E-state index in [1.54, 1.807) is 12.4 Å². The zero-order valence-corrected chi connectivity index (χ0v) is 11.2. The highest BCUT2D eigenvalue weighted by Crippen LogP contribution is 2.19. The lowest BCUT2D eigenvalue weighted by molar-refractivity contribution is 0.0937. The van der Waals surface area contributed by atoms with E-state index < -0.39 is 5.82 Å². The standard InChI is InChI=1S/C12H11BrFN3O/c1-7(11-15-4-5-16-11)17-12(18)9-3-2-8(14)6-10(9)13/h2-7H,1H3,(H,15,16)(H,17,18). The third kappa shape index (κ3) is 2.76. The number of hydrogen-bond acceptors (Lipinski definition) is 2. The molecular formula is C12H11BrFN3O. The smallest absolute Gasteiger partial charge is 0.253 e. The van der Waals surface area contributed by atoms with Crippen molar-refractivity contribution in [3.63, 3.8) is 0 Å². The molecule has 2 rings (SSSR count). The minimum absolute atomic E-state index is 0.246. The van der Waals surface area contributed by atoms with Crippen molar-refractivity contribution >= 4 is 21.8 Å². The van der Waals surface area contributed by atoms with Gasteiger partial charge < -0.3 is 10.3 Å². The highest BCUT2D eigenvalue weighted by Gasteiger charge is 2.15. The Labute approximate surface area is 112 Å². The van der Waals surface area contributed by atoms with E-state index in [1.165, 1.54) is 18.2 Å². The molecule has 0 aliphatic heterocycles. The molecular weight excluding hydrogens is 301 g/mol. The summed E-state index contributed by atoms with van der Waals surface area (Å²) in [7, 11) is 0. The van der Waals surface area contributed by atoms with Crippen molar-refractivity contribution in [1.29, 1.82) is 0 Å². The van der Waals surface area contributed by atoms with Crippen molar-refractivity contribution in [2.75, 3.05) is 0 Å². The van der Waals surface area contributed by atoms with Crippen LogP contribution in [-0.4, -0.2) is 15.9 Å². The number of H-pyrrole nitrogens is 1. The molecule has 94 valence electrons. The SMILES string of the molecule is CC(NC(=O)c1ccc(F)cc1Br)c1ncc[nH]1. The van der Waals surface area contributed by atoms with E-state index >= 15 is 0 Å². The van der Waals surface area contributed by atoms with Crippen LogP contribution in [0, 0.1) is 5.82 Å². The predicted octanol–water partition coefficient (Wildman–Crippen LogP) is 2.80. The van der Waals surface area contributed by atoms with E-state index in [9.17, 15) is 9.18 Å². The number of nitrogens with zero attached hydrogens (tertiary/aromatic N) is 1. The molecule has 2 N–H and O–H groups in total. The van der Waals surface area contributed by atoms with Crippen molar-refractivity contribution in [2.45, 2.75) is 13.0 Å². The summed E-state index contributed by atoms with van der Waals surface area (Å²) in [4.78, 5) is 19.0. The maximum atomic E-state index is 12.9. The van der Waals surface area contributed by atoms with Crippen LogP contribution in [0.2, 0.25) is 0 Å². The first kappa shape index (κ1) is 12.8. The van der Waals surface area contributed by atoms with Crippen LogP contribution in [0.15, 0.2) is 35.1 Å². The minimum atomic E-state index is -0.391. The van der Waals surface area contributed by atoms with Crippen LogP contribution in [0.3, 0.4) is 0 Å². The van der Waals surface area contributed by atoms with Gasteiger partial charge in [-0.2, -0.15) is 0 Å². The number of amides is 1. The first-order chi connectivity index (χ1) is 8.58. The summed E-state index contributed by atoms with van der Waals surface area (Å²) in [6.07, 6.45) is 3.30. The van der Waals surface area contributed by atoms with E-state index in [2.05, 4.69) is 31.2 Å². The molecule has 1 aromatic carbocycles. The van der Waals surface area contributed by atoms with Crippen LogP contribution in [0.25, 0.3) is 0 Å². The van der Waals surface area contributed by atoms with Crippen LogP contribution in [0.4, 0.5) is 4.39 Å². The Kier molecular flexibility index (Phi) is 3.76. The fourth-order valence-corrected chi connectivity index (χ4v) is 2.06. The zero-order chi connectivity index (χ0) is 13.1. The summed E-state index contributed by atoms with van der Waals surface area (Å²) in [6.45, 7) is 1.81. The number of aromatic nitrogens is 2. The second kappa shape index (κ2) is 5.30. The summed E-state index contributed by atoms with van der Waals surface area (Å²) in [5, 5.41) is 2.77. The van der Waals surface area contributed by atoms with Crippen molar-refractivity contribution in [1.82, 2.24) is 15.3 Å². The lowest BCUT2D eigenvalue weighted by Crippen LogP contribution is -2.27. The Morgan fingerprint density at radius 2 is 2.33 bits per heavy atom. The molecule has 1 amide bonds. The van der Waals surface area contributed by atoms with Gasteiger partial charge in [0.05, 0.1) is 11.6 Å². The topological polar surface area (TPSA) is 57.8 Å². The van der Waals surface area contributed by atoms with Crippen molar-refractivity contribution in [3.8, 4) is 0 Å². The third-order valence-corrected chi connectivity index (χ3v) is 3.11. The van der Waals surface area contributed by atoms with E-state index in [1.807, 2.05) is 6.92 Å². The van der Waals surface area contributed by atoms with Gasteiger partial charge in [-0.1, -0.05) is 0 Å². The van der Waals surface area contributed by atoms with Crippen LogP contribution < -0.4 is 5.32 Å². The number of carbonyl (C=O) groups is 1. The van der Waals surface area contributed by atoms with Gasteiger partial charge in [-0.15, -0.1) is 0 Å².